The Morgan fingerprint density at radius 3 is 2.96 bits per heavy atom. The number of fused-ring (bicyclic) bond motifs is 1. The summed E-state index contributed by atoms with van der Waals surface area (Å²) in [5.74, 6) is 1.32. The number of rotatable bonds is 6. The van der Waals surface area contributed by atoms with E-state index >= 15 is 0 Å². The van der Waals surface area contributed by atoms with E-state index in [9.17, 15) is 0 Å². The molecule has 5 rings (SSSR count). The summed E-state index contributed by atoms with van der Waals surface area (Å²) in [5.41, 5.74) is 1.27. The third-order valence-electron chi connectivity index (χ3n) is 6.52. The zero-order valence-corrected chi connectivity index (χ0v) is 16.7. The molecule has 7 heteroatoms. The van der Waals surface area contributed by atoms with E-state index in [1.54, 1.807) is 6.26 Å². The highest BCUT2D eigenvalue weighted by molar-refractivity contribution is 5.18. The summed E-state index contributed by atoms with van der Waals surface area (Å²) < 4.78 is 11.4. The maximum Gasteiger partial charge on any atom is 0.213 e. The lowest BCUT2D eigenvalue weighted by Crippen LogP contribution is -2.65. The first-order valence-corrected chi connectivity index (χ1v) is 10.6. The van der Waals surface area contributed by atoms with Gasteiger partial charge in [-0.15, -0.1) is 0 Å². The van der Waals surface area contributed by atoms with Gasteiger partial charge in [0, 0.05) is 69.2 Å². The minimum Gasteiger partial charge on any atom is -0.479 e. The van der Waals surface area contributed by atoms with Gasteiger partial charge in [0.25, 0.3) is 0 Å². The third-order valence-corrected chi connectivity index (χ3v) is 6.52. The summed E-state index contributed by atoms with van der Waals surface area (Å²) in [4.78, 5) is 11.9. The van der Waals surface area contributed by atoms with E-state index < -0.39 is 0 Å². The van der Waals surface area contributed by atoms with Gasteiger partial charge < -0.3 is 14.4 Å². The summed E-state index contributed by atoms with van der Waals surface area (Å²) in [6.07, 6.45) is 8.56. The van der Waals surface area contributed by atoms with Gasteiger partial charge >= 0.3 is 0 Å². The van der Waals surface area contributed by atoms with Crippen LogP contribution in [0.15, 0.2) is 30.8 Å². The highest BCUT2D eigenvalue weighted by Gasteiger charge is 2.39. The molecule has 7 nitrogen and oxygen atoms in total. The molecular weight excluding hydrogens is 354 g/mol. The van der Waals surface area contributed by atoms with Gasteiger partial charge in [-0.05, 0) is 25.3 Å². The number of hydrogen-bond donors (Lipinski definition) is 1. The fourth-order valence-corrected chi connectivity index (χ4v) is 4.73. The molecular formula is C21H31N5O2. The van der Waals surface area contributed by atoms with Crippen molar-refractivity contribution in [2.75, 3.05) is 39.5 Å². The summed E-state index contributed by atoms with van der Waals surface area (Å²) in [6.45, 7) is 9.11. The molecule has 0 spiro atoms. The van der Waals surface area contributed by atoms with Gasteiger partial charge in [0.2, 0.25) is 5.88 Å². The molecule has 5 atom stereocenters. The van der Waals surface area contributed by atoms with Crippen LogP contribution in [0.3, 0.4) is 0 Å². The second-order valence-corrected chi connectivity index (χ2v) is 8.59. The first-order chi connectivity index (χ1) is 13.8. The molecule has 3 saturated heterocycles. The number of ether oxygens (including phenoxy) is 2. The fourth-order valence-electron chi connectivity index (χ4n) is 4.73. The molecule has 0 saturated carbocycles. The van der Waals surface area contributed by atoms with Crippen molar-refractivity contribution in [3.8, 4) is 5.88 Å². The lowest BCUT2D eigenvalue weighted by Gasteiger charge is -2.49. The van der Waals surface area contributed by atoms with Crippen molar-refractivity contribution in [3.63, 3.8) is 0 Å². The lowest BCUT2D eigenvalue weighted by molar-refractivity contribution is -0.0149. The van der Waals surface area contributed by atoms with Crippen molar-refractivity contribution >= 4 is 0 Å². The van der Waals surface area contributed by atoms with Crippen LogP contribution >= 0.6 is 0 Å². The van der Waals surface area contributed by atoms with Crippen LogP contribution in [0.1, 0.15) is 25.3 Å². The number of nitrogens with zero attached hydrogens (tertiary/aromatic N) is 4. The molecule has 1 N–H and O–H groups in total. The van der Waals surface area contributed by atoms with E-state index in [4.69, 9.17) is 9.47 Å². The lowest BCUT2D eigenvalue weighted by atomic mass is 9.90. The molecule has 1 aromatic rings. The Labute approximate surface area is 167 Å². The molecule has 0 radical (unpaired) electrons. The molecule has 1 aromatic heterocycles. The van der Waals surface area contributed by atoms with Gasteiger partial charge in [-0.1, -0.05) is 6.07 Å². The van der Waals surface area contributed by atoms with Crippen molar-refractivity contribution < 1.29 is 9.47 Å². The summed E-state index contributed by atoms with van der Waals surface area (Å²) in [6, 6.07) is 5.45. The molecule has 3 fully saturated rings. The highest BCUT2D eigenvalue weighted by atomic mass is 16.5. The second kappa shape index (κ2) is 7.89. The van der Waals surface area contributed by atoms with E-state index in [0.29, 0.717) is 24.9 Å². The number of piperidine rings is 1. The van der Waals surface area contributed by atoms with Crippen LogP contribution in [0.4, 0.5) is 0 Å². The van der Waals surface area contributed by atoms with Crippen molar-refractivity contribution in [3.05, 3.63) is 36.4 Å². The highest BCUT2D eigenvalue weighted by Crippen LogP contribution is 2.28. The van der Waals surface area contributed by atoms with Crippen LogP contribution in [-0.4, -0.2) is 77.4 Å². The van der Waals surface area contributed by atoms with E-state index in [1.807, 2.05) is 12.3 Å². The standard InChI is InChI=1S/C21H31N5O2/c1-16-11-26(16)12-17-3-5-20(23-10-17)28-14-18-2-4-19-21(25-8-9-27-15-25)22-6-7-24(19)13-18/h3,5,8-10,16,18-19,21-22H,2,4,6-7,11-15H2,1H3. The predicted molar refractivity (Wildman–Crippen MR) is 106 cm³/mol. The average Bonchev–Trinajstić information content (AvgIpc) is 3.19. The van der Waals surface area contributed by atoms with Gasteiger partial charge in [-0.2, -0.15) is 0 Å². The Hall–Kier alpha value is -1.83. The Kier molecular flexibility index (Phi) is 5.13. The predicted octanol–water partition coefficient (Wildman–Crippen LogP) is 1.44. The van der Waals surface area contributed by atoms with Gasteiger partial charge in [0.1, 0.15) is 6.26 Å². The maximum atomic E-state index is 6.04. The summed E-state index contributed by atoms with van der Waals surface area (Å²) in [7, 11) is 0. The SMILES string of the molecule is CC1CN1Cc1ccc(OCC2CCC3C(N4C=COC4)NCCN3C2)nc1. The molecule has 0 aliphatic carbocycles. The normalized spacial score (nSPS) is 34.8. The molecule has 4 aliphatic rings. The number of piperazine rings is 1. The molecule has 0 bridgehead atoms. The van der Waals surface area contributed by atoms with E-state index in [2.05, 4.69) is 44.2 Å². The van der Waals surface area contributed by atoms with Crippen molar-refractivity contribution in [1.29, 1.82) is 0 Å². The number of pyridine rings is 1. The molecule has 0 amide bonds. The van der Waals surface area contributed by atoms with Crippen molar-refractivity contribution in [2.45, 2.75) is 44.6 Å². The molecule has 28 heavy (non-hydrogen) atoms. The molecule has 152 valence electrons. The maximum absolute atomic E-state index is 6.04. The van der Waals surface area contributed by atoms with Crippen LogP contribution < -0.4 is 10.1 Å². The van der Waals surface area contributed by atoms with E-state index in [1.165, 1.54) is 24.9 Å². The molecule has 5 unspecified atom stereocenters. The Bertz CT molecular complexity index is 697. The third kappa shape index (κ3) is 3.97. The topological polar surface area (TPSA) is 52.9 Å². The quantitative estimate of drug-likeness (QED) is 0.744. The van der Waals surface area contributed by atoms with E-state index in [0.717, 1.165) is 44.7 Å². The summed E-state index contributed by atoms with van der Waals surface area (Å²) in [5, 5.41) is 3.67. The minimum atomic E-state index is 0.355. The van der Waals surface area contributed by atoms with Gasteiger partial charge in [0.15, 0.2) is 6.73 Å². The van der Waals surface area contributed by atoms with Crippen LogP contribution in [0.2, 0.25) is 0 Å². The van der Waals surface area contributed by atoms with Gasteiger partial charge in [-0.25, -0.2) is 4.98 Å². The smallest absolute Gasteiger partial charge is 0.213 e. The Morgan fingerprint density at radius 2 is 2.21 bits per heavy atom. The first-order valence-electron chi connectivity index (χ1n) is 10.6. The average molecular weight is 386 g/mol. The van der Waals surface area contributed by atoms with Crippen molar-refractivity contribution in [2.24, 2.45) is 5.92 Å². The molecule has 5 heterocycles. The monoisotopic (exact) mass is 385 g/mol. The number of hydrogen-bond acceptors (Lipinski definition) is 7. The number of nitrogens with one attached hydrogen (secondary N) is 1. The van der Waals surface area contributed by atoms with E-state index in [-0.39, 0.29) is 0 Å². The van der Waals surface area contributed by atoms with Crippen LogP contribution in [0.5, 0.6) is 5.88 Å². The second-order valence-electron chi connectivity index (χ2n) is 8.59. The summed E-state index contributed by atoms with van der Waals surface area (Å²) >= 11 is 0. The Balaban J connectivity index is 1.11. The van der Waals surface area contributed by atoms with Gasteiger partial charge in [0.05, 0.1) is 12.8 Å². The van der Waals surface area contributed by atoms with Gasteiger partial charge in [-0.3, -0.25) is 15.1 Å². The van der Waals surface area contributed by atoms with Crippen LogP contribution in [0, 0.1) is 5.92 Å². The zero-order valence-electron chi connectivity index (χ0n) is 16.7. The molecule has 0 aromatic carbocycles. The minimum absolute atomic E-state index is 0.355. The van der Waals surface area contributed by atoms with Crippen LogP contribution in [0.25, 0.3) is 0 Å². The van der Waals surface area contributed by atoms with Crippen molar-refractivity contribution in [1.82, 2.24) is 25.0 Å². The van der Waals surface area contributed by atoms with Crippen LogP contribution in [-0.2, 0) is 11.3 Å². The largest absolute Gasteiger partial charge is 0.479 e. The fraction of sp³-hybridized carbons (Fsp3) is 0.667. The first kappa shape index (κ1) is 18.2. The molecule has 4 aliphatic heterocycles. The zero-order chi connectivity index (χ0) is 18.9. The number of aromatic nitrogens is 1. The Morgan fingerprint density at radius 1 is 1.29 bits per heavy atom.